The molecule has 7 nitrogen and oxygen atoms in total. The average Bonchev–Trinajstić information content (AvgIpc) is 3.00. The topological polar surface area (TPSA) is 71.5 Å². The SMILES string of the molecule is CC(C)(C)OC(=O)N1CCC2(CC1)CN(c1ccnc(C(C)(F)F)n1)c1cc(Cl)ncc12. The van der Waals surface area contributed by atoms with E-state index in [0.717, 1.165) is 18.2 Å². The van der Waals surface area contributed by atoms with Crippen molar-refractivity contribution in [2.75, 3.05) is 24.5 Å². The summed E-state index contributed by atoms with van der Waals surface area (Å²) in [5, 5.41) is 0.312. The molecule has 1 spiro atoms. The zero-order chi connectivity index (χ0) is 23.3. The minimum Gasteiger partial charge on any atom is -0.444 e. The predicted molar refractivity (Wildman–Crippen MR) is 117 cm³/mol. The van der Waals surface area contributed by atoms with Gasteiger partial charge < -0.3 is 14.5 Å². The van der Waals surface area contributed by atoms with Gasteiger partial charge in [-0.2, -0.15) is 8.78 Å². The normalized spacial score (nSPS) is 18.1. The maximum atomic E-state index is 13.8. The summed E-state index contributed by atoms with van der Waals surface area (Å²) in [6.45, 7) is 7.86. The second-order valence-corrected chi connectivity index (χ2v) is 9.87. The third-order valence-corrected chi connectivity index (χ3v) is 6.06. The molecule has 4 heterocycles. The van der Waals surface area contributed by atoms with E-state index in [-0.39, 0.29) is 11.5 Å². The number of carbonyl (C=O) groups excluding carboxylic acids is 1. The molecule has 0 N–H and O–H groups in total. The van der Waals surface area contributed by atoms with E-state index in [1.54, 1.807) is 23.2 Å². The highest BCUT2D eigenvalue weighted by Gasteiger charge is 2.47. The van der Waals surface area contributed by atoms with Crippen molar-refractivity contribution < 1.29 is 18.3 Å². The molecule has 2 aromatic rings. The van der Waals surface area contributed by atoms with E-state index in [2.05, 4.69) is 15.0 Å². The van der Waals surface area contributed by atoms with Gasteiger partial charge in [-0.3, -0.25) is 0 Å². The number of anilines is 2. The van der Waals surface area contributed by atoms with Gasteiger partial charge in [-0.15, -0.1) is 0 Å². The summed E-state index contributed by atoms with van der Waals surface area (Å²) < 4.78 is 33.2. The molecular formula is C22H26ClF2N5O2. The van der Waals surface area contributed by atoms with Crippen molar-refractivity contribution in [1.82, 2.24) is 19.9 Å². The molecule has 10 heteroatoms. The number of hydrogen-bond acceptors (Lipinski definition) is 6. The predicted octanol–water partition coefficient (Wildman–Crippen LogP) is 5.06. The molecular weight excluding hydrogens is 440 g/mol. The molecule has 172 valence electrons. The number of piperidine rings is 1. The Kier molecular flexibility index (Phi) is 5.51. The number of carbonyl (C=O) groups is 1. The summed E-state index contributed by atoms with van der Waals surface area (Å²) in [4.78, 5) is 28.2. The minimum atomic E-state index is -3.15. The first-order valence-corrected chi connectivity index (χ1v) is 10.9. The molecule has 0 atom stereocenters. The molecule has 2 aliphatic heterocycles. The number of amides is 1. The van der Waals surface area contributed by atoms with Crippen molar-refractivity contribution in [2.45, 2.75) is 57.5 Å². The second-order valence-electron chi connectivity index (χ2n) is 9.48. The molecule has 0 radical (unpaired) electrons. The zero-order valence-electron chi connectivity index (χ0n) is 18.5. The van der Waals surface area contributed by atoms with Crippen molar-refractivity contribution in [3.63, 3.8) is 0 Å². The lowest BCUT2D eigenvalue weighted by molar-refractivity contribution is 0.00775. The second kappa shape index (κ2) is 7.79. The Morgan fingerprint density at radius 3 is 2.50 bits per heavy atom. The van der Waals surface area contributed by atoms with Gasteiger partial charge in [-0.1, -0.05) is 11.6 Å². The van der Waals surface area contributed by atoms with Gasteiger partial charge in [0.25, 0.3) is 0 Å². The fourth-order valence-electron chi connectivity index (χ4n) is 4.31. The van der Waals surface area contributed by atoms with Crippen molar-refractivity contribution in [3.8, 4) is 0 Å². The number of alkyl halides is 2. The van der Waals surface area contributed by atoms with Gasteiger partial charge in [-0.25, -0.2) is 19.7 Å². The molecule has 0 saturated carbocycles. The van der Waals surface area contributed by atoms with Crippen LogP contribution < -0.4 is 4.90 Å². The van der Waals surface area contributed by atoms with E-state index >= 15 is 0 Å². The molecule has 32 heavy (non-hydrogen) atoms. The molecule has 2 aliphatic rings. The van der Waals surface area contributed by atoms with E-state index in [1.165, 1.54) is 6.20 Å². The Balaban J connectivity index is 1.63. The fraction of sp³-hybridized carbons (Fsp3) is 0.545. The lowest BCUT2D eigenvalue weighted by Gasteiger charge is -2.40. The van der Waals surface area contributed by atoms with Crippen LogP contribution in [0.15, 0.2) is 24.5 Å². The first kappa shape index (κ1) is 22.6. The molecule has 0 unspecified atom stereocenters. The lowest BCUT2D eigenvalue weighted by atomic mass is 9.75. The van der Waals surface area contributed by atoms with Gasteiger partial charge in [0.1, 0.15) is 16.6 Å². The van der Waals surface area contributed by atoms with E-state index in [4.69, 9.17) is 16.3 Å². The highest BCUT2D eigenvalue weighted by atomic mass is 35.5. The Morgan fingerprint density at radius 1 is 1.19 bits per heavy atom. The van der Waals surface area contributed by atoms with E-state index in [9.17, 15) is 13.6 Å². The maximum Gasteiger partial charge on any atom is 0.410 e. The summed E-state index contributed by atoms with van der Waals surface area (Å²) in [5.41, 5.74) is 0.912. The van der Waals surface area contributed by atoms with Crippen molar-refractivity contribution in [1.29, 1.82) is 0 Å². The van der Waals surface area contributed by atoms with Gasteiger partial charge >= 0.3 is 12.0 Å². The Labute approximate surface area is 190 Å². The average molecular weight is 466 g/mol. The van der Waals surface area contributed by atoms with Crippen molar-refractivity contribution in [2.24, 2.45) is 0 Å². The summed E-state index contributed by atoms with van der Waals surface area (Å²) in [5.74, 6) is -3.30. The maximum absolute atomic E-state index is 13.8. The van der Waals surface area contributed by atoms with Gasteiger partial charge in [0.05, 0.1) is 5.69 Å². The van der Waals surface area contributed by atoms with Crippen LogP contribution in [0.3, 0.4) is 0 Å². The third-order valence-electron chi connectivity index (χ3n) is 5.85. The highest BCUT2D eigenvalue weighted by Crippen LogP contribution is 2.49. The zero-order valence-corrected chi connectivity index (χ0v) is 19.3. The summed E-state index contributed by atoms with van der Waals surface area (Å²) in [6.07, 6.45) is 4.12. The van der Waals surface area contributed by atoms with Gasteiger partial charge in [-0.05, 0) is 45.7 Å². The number of halogens is 3. The first-order chi connectivity index (χ1) is 14.9. The number of likely N-dealkylation sites (tertiary alicyclic amines) is 1. The highest BCUT2D eigenvalue weighted by molar-refractivity contribution is 6.29. The third kappa shape index (κ3) is 4.35. The van der Waals surface area contributed by atoms with E-state index in [0.29, 0.717) is 43.4 Å². The lowest BCUT2D eigenvalue weighted by Crippen LogP contribution is -2.48. The molecule has 0 aromatic carbocycles. The molecule has 1 fully saturated rings. The Hall–Kier alpha value is -2.55. The van der Waals surface area contributed by atoms with Crippen LogP contribution >= 0.6 is 11.6 Å². The number of aromatic nitrogens is 3. The van der Waals surface area contributed by atoms with Crippen LogP contribution in [-0.4, -0.2) is 51.2 Å². The first-order valence-electron chi connectivity index (χ1n) is 10.5. The quantitative estimate of drug-likeness (QED) is 0.577. The van der Waals surface area contributed by atoms with Crippen LogP contribution in [0.2, 0.25) is 5.15 Å². The standard InChI is InChI=1S/C22H26ClF2N5O2/c1-20(2,3)32-19(31)29-9-6-22(7-10-29)13-30(15-11-16(23)27-12-14(15)22)17-5-8-26-18(28-17)21(4,24)25/h5,8,11-12H,6-7,9-10,13H2,1-4H3. The number of hydrogen-bond donors (Lipinski definition) is 0. The van der Waals surface area contributed by atoms with Crippen LogP contribution in [0.1, 0.15) is 51.9 Å². The number of rotatable bonds is 2. The molecule has 4 rings (SSSR count). The molecule has 1 amide bonds. The van der Waals surface area contributed by atoms with E-state index < -0.39 is 17.3 Å². The fourth-order valence-corrected chi connectivity index (χ4v) is 4.46. The smallest absolute Gasteiger partial charge is 0.410 e. The monoisotopic (exact) mass is 465 g/mol. The van der Waals surface area contributed by atoms with Crippen LogP contribution in [-0.2, 0) is 16.1 Å². The van der Waals surface area contributed by atoms with E-state index in [1.807, 2.05) is 25.7 Å². The molecule has 0 aliphatic carbocycles. The molecule has 1 saturated heterocycles. The van der Waals surface area contributed by atoms with Gasteiger partial charge in [0.15, 0.2) is 0 Å². The Bertz CT molecular complexity index is 1030. The van der Waals surface area contributed by atoms with Gasteiger partial charge in [0, 0.05) is 49.9 Å². The number of ether oxygens (including phenoxy) is 1. The van der Waals surface area contributed by atoms with Crippen molar-refractivity contribution in [3.05, 3.63) is 41.1 Å². The van der Waals surface area contributed by atoms with Crippen molar-refractivity contribution >= 4 is 29.2 Å². The van der Waals surface area contributed by atoms with Crippen LogP contribution in [0.4, 0.5) is 25.1 Å². The van der Waals surface area contributed by atoms with Crippen LogP contribution in [0.25, 0.3) is 0 Å². The Morgan fingerprint density at radius 2 is 1.88 bits per heavy atom. The summed E-state index contributed by atoms with van der Waals surface area (Å²) >= 11 is 6.17. The largest absolute Gasteiger partial charge is 0.444 e. The summed E-state index contributed by atoms with van der Waals surface area (Å²) in [6, 6.07) is 3.35. The summed E-state index contributed by atoms with van der Waals surface area (Å²) in [7, 11) is 0. The molecule has 2 aromatic heterocycles. The van der Waals surface area contributed by atoms with Crippen LogP contribution in [0, 0.1) is 0 Å². The number of pyridine rings is 1. The van der Waals surface area contributed by atoms with Crippen LogP contribution in [0.5, 0.6) is 0 Å². The number of fused-ring (bicyclic) bond motifs is 2. The minimum absolute atomic E-state index is 0.300. The number of nitrogens with zero attached hydrogens (tertiary/aromatic N) is 5. The molecule has 0 bridgehead atoms. The van der Waals surface area contributed by atoms with Gasteiger partial charge in [0.2, 0.25) is 5.82 Å².